The van der Waals surface area contributed by atoms with Crippen molar-refractivity contribution in [1.29, 1.82) is 0 Å². The zero-order valence-corrected chi connectivity index (χ0v) is 11.0. The summed E-state index contributed by atoms with van der Waals surface area (Å²) in [6.07, 6.45) is 1.97. The van der Waals surface area contributed by atoms with Crippen LogP contribution in [0.1, 0.15) is 32.3 Å². The van der Waals surface area contributed by atoms with Gasteiger partial charge in [0.1, 0.15) is 5.75 Å². The van der Waals surface area contributed by atoms with Crippen molar-refractivity contribution in [2.45, 2.75) is 32.1 Å². The highest BCUT2D eigenvalue weighted by atomic mass is 35.5. The molecule has 0 aliphatic rings. The summed E-state index contributed by atoms with van der Waals surface area (Å²) in [4.78, 5) is 0. The fraction of sp³-hybridized carbons (Fsp3) is 0.538. The molecule has 1 aromatic rings. The molecule has 0 atom stereocenters. The van der Waals surface area contributed by atoms with Crippen LogP contribution in [0.5, 0.6) is 5.75 Å². The van der Waals surface area contributed by atoms with Crippen LogP contribution in [0.2, 0.25) is 5.02 Å². The van der Waals surface area contributed by atoms with Gasteiger partial charge in [-0.25, -0.2) is 0 Å². The maximum Gasteiger partial charge on any atom is 0.122 e. The van der Waals surface area contributed by atoms with Gasteiger partial charge in [0.15, 0.2) is 0 Å². The number of ether oxygens (including phenoxy) is 1. The molecule has 0 radical (unpaired) electrons. The average molecular weight is 242 g/mol. The second-order valence-corrected chi connectivity index (χ2v) is 4.47. The summed E-state index contributed by atoms with van der Waals surface area (Å²) < 4.78 is 5.40. The maximum atomic E-state index is 6.05. The Kier molecular flexibility index (Phi) is 4.63. The largest absolute Gasteiger partial charge is 0.496 e. The molecule has 0 spiro atoms. The average Bonchev–Trinajstić information content (AvgIpc) is 2.32. The molecule has 16 heavy (non-hydrogen) atoms. The minimum atomic E-state index is -0.0315. The van der Waals surface area contributed by atoms with Crippen LogP contribution < -0.4 is 10.5 Å². The first-order valence-corrected chi connectivity index (χ1v) is 6.05. The Hall–Kier alpha value is -0.730. The lowest BCUT2D eigenvalue weighted by molar-refractivity contribution is 0.360. The van der Waals surface area contributed by atoms with Gasteiger partial charge in [-0.05, 0) is 31.0 Å². The molecular formula is C13H20ClNO. The van der Waals surface area contributed by atoms with E-state index in [0.29, 0.717) is 6.54 Å². The Bertz CT molecular complexity index is 340. The third kappa shape index (κ3) is 2.33. The quantitative estimate of drug-likeness (QED) is 0.858. The van der Waals surface area contributed by atoms with Crippen LogP contribution in [0.25, 0.3) is 0 Å². The molecule has 90 valence electrons. The van der Waals surface area contributed by atoms with E-state index in [4.69, 9.17) is 22.1 Å². The number of methoxy groups -OCH3 is 1. The summed E-state index contributed by atoms with van der Waals surface area (Å²) in [7, 11) is 1.68. The molecule has 0 unspecified atom stereocenters. The minimum absolute atomic E-state index is 0.0315. The first-order chi connectivity index (χ1) is 7.63. The zero-order chi connectivity index (χ0) is 12.2. The summed E-state index contributed by atoms with van der Waals surface area (Å²) in [5, 5.41) is 0.732. The topological polar surface area (TPSA) is 35.2 Å². The van der Waals surface area contributed by atoms with Gasteiger partial charge >= 0.3 is 0 Å². The van der Waals surface area contributed by atoms with Crippen molar-refractivity contribution in [3.05, 3.63) is 28.8 Å². The van der Waals surface area contributed by atoms with Crippen molar-refractivity contribution in [1.82, 2.24) is 0 Å². The first kappa shape index (κ1) is 13.3. The van der Waals surface area contributed by atoms with Gasteiger partial charge in [0.05, 0.1) is 7.11 Å². The van der Waals surface area contributed by atoms with Crippen LogP contribution in [-0.4, -0.2) is 13.7 Å². The van der Waals surface area contributed by atoms with Crippen LogP contribution >= 0.6 is 11.6 Å². The van der Waals surface area contributed by atoms with E-state index >= 15 is 0 Å². The van der Waals surface area contributed by atoms with E-state index in [2.05, 4.69) is 13.8 Å². The van der Waals surface area contributed by atoms with Crippen molar-refractivity contribution in [3.63, 3.8) is 0 Å². The van der Waals surface area contributed by atoms with E-state index in [1.807, 2.05) is 18.2 Å². The van der Waals surface area contributed by atoms with Crippen LogP contribution in [0.3, 0.4) is 0 Å². The van der Waals surface area contributed by atoms with Gasteiger partial charge in [-0.3, -0.25) is 0 Å². The second-order valence-electron chi connectivity index (χ2n) is 4.04. The Morgan fingerprint density at radius 3 is 2.38 bits per heavy atom. The molecule has 1 aromatic carbocycles. The molecule has 0 bridgehead atoms. The smallest absolute Gasteiger partial charge is 0.122 e. The third-order valence-corrected chi connectivity index (χ3v) is 3.71. The van der Waals surface area contributed by atoms with Crippen LogP contribution in [0.4, 0.5) is 0 Å². The Labute approximate surface area is 103 Å². The number of rotatable bonds is 5. The van der Waals surface area contributed by atoms with Crippen molar-refractivity contribution >= 4 is 11.6 Å². The van der Waals surface area contributed by atoms with Crippen LogP contribution in [0.15, 0.2) is 18.2 Å². The maximum absolute atomic E-state index is 6.05. The molecule has 0 aliphatic carbocycles. The zero-order valence-electron chi connectivity index (χ0n) is 10.2. The number of benzene rings is 1. The van der Waals surface area contributed by atoms with E-state index in [1.54, 1.807) is 7.11 Å². The van der Waals surface area contributed by atoms with Crippen LogP contribution in [0, 0.1) is 0 Å². The van der Waals surface area contributed by atoms with Crippen molar-refractivity contribution in [2.24, 2.45) is 5.73 Å². The molecule has 0 aliphatic heterocycles. The molecule has 0 saturated carbocycles. The van der Waals surface area contributed by atoms with E-state index in [0.717, 1.165) is 29.2 Å². The summed E-state index contributed by atoms with van der Waals surface area (Å²) in [5.74, 6) is 0.874. The highest BCUT2D eigenvalue weighted by molar-refractivity contribution is 6.30. The van der Waals surface area contributed by atoms with Crippen molar-refractivity contribution in [2.75, 3.05) is 13.7 Å². The normalized spacial score (nSPS) is 11.6. The fourth-order valence-corrected chi connectivity index (χ4v) is 2.30. The monoisotopic (exact) mass is 241 g/mol. The Morgan fingerprint density at radius 2 is 1.94 bits per heavy atom. The highest BCUT2D eigenvalue weighted by Gasteiger charge is 2.30. The SMILES string of the molecule is CCC(CC)(CN)c1cc(Cl)ccc1OC. The lowest BCUT2D eigenvalue weighted by Gasteiger charge is -2.32. The van der Waals surface area contributed by atoms with Gasteiger partial charge < -0.3 is 10.5 Å². The van der Waals surface area contributed by atoms with Crippen molar-refractivity contribution < 1.29 is 4.74 Å². The van der Waals surface area contributed by atoms with Gasteiger partial charge in [-0.1, -0.05) is 25.4 Å². The number of hydrogen-bond acceptors (Lipinski definition) is 2. The summed E-state index contributed by atoms with van der Waals surface area (Å²) >= 11 is 6.05. The second kappa shape index (κ2) is 5.55. The summed E-state index contributed by atoms with van der Waals surface area (Å²) in [6, 6.07) is 5.73. The third-order valence-electron chi connectivity index (χ3n) is 3.48. The number of halogens is 1. The predicted molar refractivity (Wildman–Crippen MR) is 69.3 cm³/mol. The van der Waals surface area contributed by atoms with E-state index in [-0.39, 0.29) is 5.41 Å². The van der Waals surface area contributed by atoms with E-state index in [1.165, 1.54) is 0 Å². The fourth-order valence-electron chi connectivity index (χ4n) is 2.12. The first-order valence-electron chi connectivity index (χ1n) is 5.67. The molecule has 0 amide bonds. The summed E-state index contributed by atoms with van der Waals surface area (Å²) in [6.45, 7) is 4.91. The van der Waals surface area contributed by atoms with Crippen molar-refractivity contribution in [3.8, 4) is 5.75 Å². The number of hydrogen-bond donors (Lipinski definition) is 1. The standard InChI is InChI=1S/C13H20ClNO/c1-4-13(5-2,9-15)11-8-10(14)6-7-12(11)16-3/h6-8H,4-5,9,15H2,1-3H3. The van der Waals surface area contributed by atoms with Crippen LogP contribution in [-0.2, 0) is 5.41 Å². The van der Waals surface area contributed by atoms with Gasteiger partial charge in [0.2, 0.25) is 0 Å². The van der Waals surface area contributed by atoms with Gasteiger partial charge in [-0.15, -0.1) is 0 Å². The summed E-state index contributed by atoms with van der Waals surface area (Å²) in [5.41, 5.74) is 7.02. The number of nitrogens with two attached hydrogens (primary N) is 1. The molecule has 0 aromatic heterocycles. The molecule has 0 fully saturated rings. The lowest BCUT2D eigenvalue weighted by Crippen LogP contribution is -2.34. The predicted octanol–water partition coefficient (Wildman–Crippen LogP) is 3.37. The Balaban J connectivity index is 3.32. The molecule has 0 heterocycles. The molecule has 1 rings (SSSR count). The molecule has 2 N–H and O–H groups in total. The minimum Gasteiger partial charge on any atom is -0.496 e. The van der Waals surface area contributed by atoms with E-state index < -0.39 is 0 Å². The van der Waals surface area contributed by atoms with Gasteiger partial charge in [-0.2, -0.15) is 0 Å². The van der Waals surface area contributed by atoms with Gasteiger partial charge in [0, 0.05) is 22.5 Å². The lowest BCUT2D eigenvalue weighted by atomic mass is 9.75. The highest BCUT2D eigenvalue weighted by Crippen LogP contribution is 2.38. The van der Waals surface area contributed by atoms with E-state index in [9.17, 15) is 0 Å². The molecule has 3 heteroatoms. The molecular weight excluding hydrogens is 222 g/mol. The molecule has 0 saturated heterocycles. The van der Waals surface area contributed by atoms with Gasteiger partial charge in [0.25, 0.3) is 0 Å². The molecule has 2 nitrogen and oxygen atoms in total. The Morgan fingerprint density at radius 1 is 1.31 bits per heavy atom.